The summed E-state index contributed by atoms with van der Waals surface area (Å²) >= 11 is 1.49. The van der Waals surface area contributed by atoms with Crippen molar-refractivity contribution in [1.29, 1.82) is 0 Å². The molecular formula is C19H21N3O2S. The van der Waals surface area contributed by atoms with Crippen molar-refractivity contribution in [3.05, 3.63) is 56.4 Å². The number of aryl methyl sites for hydroxylation is 4. The highest BCUT2D eigenvalue weighted by Gasteiger charge is 2.21. The Morgan fingerprint density at radius 2 is 1.92 bits per heavy atom. The molecule has 25 heavy (non-hydrogen) atoms. The average molecular weight is 355 g/mol. The van der Waals surface area contributed by atoms with Crippen LogP contribution in [-0.4, -0.2) is 15.5 Å². The van der Waals surface area contributed by atoms with Crippen molar-refractivity contribution in [1.82, 2.24) is 9.55 Å². The number of carbonyl (C=O) groups is 1. The summed E-state index contributed by atoms with van der Waals surface area (Å²) < 4.78 is 1.47. The molecule has 5 nitrogen and oxygen atoms in total. The minimum Gasteiger partial charge on any atom is -0.324 e. The predicted molar refractivity (Wildman–Crippen MR) is 103 cm³/mol. The van der Waals surface area contributed by atoms with E-state index in [1.807, 2.05) is 45.0 Å². The van der Waals surface area contributed by atoms with E-state index in [-0.39, 0.29) is 11.5 Å². The molecule has 0 saturated heterocycles. The quantitative estimate of drug-likeness (QED) is 0.775. The van der Waals surface area contributed by atoms with Crippen LogP contribution in [-0.2, 0) is 4.79 Å². The van der Waals surface area contributed by atoms with Crippen molar-refractivity contribution in [2.75, 3.05) is 5.32 Å². The fourth-order valence-electron chi connectivity index (χ4n) is 2.90. The molecule has 0 aliphatic rings. The van der Waals surface area contributed by atoms with Crippen molar-refractivity contribution >= 4 is 33.1 Å². The van der Waals surface area contributed by atoms with Crippen LogP contribution in [0.5, 0.6) is 0 Å². The van der Waals surface area contributed by atoms with E-state index in [9.17, 15) is 9.59 Å². The molecule has 130 valence electrons. The van der Waals surface area contributed by atoms with Gasteiger partial charge in [0.2, 0.25) is 5.91 Å². The van der Waals surface area contributed by atoms with Gasteiger partial charge in [-0.3, -0.25) is 14.2 Å². The van der Waals surface area contributed by atoms with Gasteiger partial charge in [-0.1, -0.05) is 12.1 Å². The van der Waals surface area contributed by atoms with E-state index in [4.69, 9.17) is 0 Å². The molecule has 1 amide bonds. The molecule has 1 atom stereocenters. The van der Waals surface area contributed by atoms with Crippen LogP contribution in [0.4, 0.5) is 5.69 Å². The number of thiophene rings is 1. The molecule has 0 bridgehead atoms. The molecule has 1 unspecified atom stereocenters. The van der Waals surface area contributed by atoms with Gasteiger partial charge >= 0.3 is 0 Å². The number of amides is 1. The Hall–Kier alpha value is -2.47. The lowest BCUT2D eigenvalue weighted by molar-refractivity contribution is -0.118. The maximum atomic E-state index is 12.8. The fourth-order valence-corrected chi connectivity index (χ4v) is 3.81. The van der Waals surface area contributed by atoms with Gasteiger partial charge in [-0.15, -0.1) is 11.3 Å². The maximum Gasteiger partial charge on any atom is 0.263 e. The number of nitrogens with zero attached hydrogens (tertiary/aromatic N) is 2. The van der Waals surface area contributed by atoms with E-state index in [0.717, 1.165) is 26.5 Å². The molecule has 6 heteroatoms. The summed E-state index contributed by atoms with van der Waals surface area (Å²) in [6, 6.07) is 7.08. The molecule has 0 saturated carbocycles. The van der Waals surface area contributed by atoms with Gasteiger partial charge in [-0.2, -0.15) is 0 Å². The first-order valence-corrected chi connectivity index (χ1v) is 8.97. The van der Waals surface area contributed by atoms with Gasteiger partial charge in [0, 0.05) is 10.6 Å². The van der Waals surface area contributed by atoms with E-state index in [1.165, 1.54) is 15.9 Å². The number of anilines is 1. The SMILES string of the molecule is Cc1ccc(C)c(NC(=O)C(C)n2c(C)nc3sc(C)cc3c2=O)c1. The monoisotopic (exact) mass is 355 g/mol. The van der Waals surface area contributed by atoms with Crippen LogP contribution in [0, 0.1) is 27.7 Å². The molecule has 0 radical (unpaired) electrons. The van der Waals surface area contributed by atoms with Gasteiger partial charge < -0.3 is 5.32 Å². The topological polar surface area (TPSA) is 64.0 Å². The Labute approximate surface area is 150 Å². The summed E-state index contributed by atoms with van der Waals surface area (Å²) in [4.78, 5) is 31.8. The van der Waals surface area contributed by atoms with Crippen LogP contribution >= 0.6 is 11.3 Å². The van der Waals surface area contributed by atoms with Crippen molar-refractivity contribution < 1.29 is 4.79 Å². The number of aromatic nitrogens is 2. The van der Waals surface area contributed by atoms with Crippen LogP contribution in [0.15, 0.2) is 29.1 Å². The normalized spacial score (nSPS) is 12.4. The first kappa shape index (κ1) is 17.4. The number of hydrogen-bond acceptors (Lipinski definition) is 4. The Kier molecular flexibility index (Phi) is 4.47. The molecule has 2 aromatic heterocycles. The molecular weight excluding hydrogens is 334 g/mol. The zero-order valence-corrected chi connectivity index (χ0v) is 15.8. The maximum absolute atomic E-state index is 12.8. The van der Waals surface area contributed by atoms with Gasteiger partial charge in [0.05, 0.1) is 5.39 Å². The second-order valence-corrected chi connectivity index (χ2v) is 7.63. The largest absolute Gasteiger partial charge is 0.324 e. The third-order valence-electron chi connectivity index (χ3n) is 4.31. The molecule has 3 rings (SSSR count). The Balaban J connectivity index is 1.98. The smallest absolute Gasteiger partial charge is 0.263 e. The number of benzene rings is 1. The van der Waals surface area contributed by atoms with Gasteiger partial charge in [0.15, 0.2) is 0 Å². The Morgan fingerprint density at radius 3 is 2.64 bits per heavy atom. The summed E-state index contributed by atoms with van der Waals surface area (Å²) in [6.45, 7) is 9.35. The third-order valence-corrected chi connectivity index (χ3v) is 5.26. The lowest BCUT2D eigenvalue weighted by atomic mass is 10.1. The van der Waals surface area contributed by atoms with Crippen molar-refractivity contribution in [2.45, 2.75) is 40.7 Å². The second-order valence-electron chi connectivity index (χ2n) is 6.39. The number of fused-ring (bicyclic) bond motifs is 1. The molecule has 1 aromatic carbocycles. The Morgan fingerprint density at radius 1 is 1.20 bits per heavy atom. The number of nitrogens with one attached hydrogen (secondary N) is 1. The van der Waals surface area contributed by atoms with Crippen LogP contribution < -0.4 is 10.9 Å². The molecule has 1 N–H and O–H groups in total. The van der Waals surface area contributed by atoms with Crippen LogP contribution in [0.1, 0.15) is 34.8 Å². The van der Waals surface area contributed by atoms with Crippen LogP contribution in [0.2, 0.25) is 0 Å². The number of rotatable bonds is 3. The summed E-state index contributed by atoms with van der Waals surface area (Å²) in [5.41, 5.74) is 2.65. The molecule has 0 aliphatic heterocycles. The van der Waals surface area contributed by atoms with Crippen molar-refractivity contribution in [3.63, 3.8) is 0 Å². The Bertz CT molecular complexity index is 1030. The van der Waals surface area contributed by atoms with Gasteiger partial charge in [-0.05, 0) is 57.9 Å². The highest BCUT2D eigenvalue weighted by Crippen LogP contribution is 2.22. The third kappa shape index (κ3) is 3.22. The van der Waals surface area contributed by atoms with E-state index in [0.29, 0.717) is 11.2 Å². The lowest BCUT2D eigenvalue weighted by Crippen LogP contribution is -2.33. The fraction of sp³-hybridized carbons (Fsp3) is 0.316. The van der Waals surface area contributed by atoms with Gasteiger partial charge in [0.25, 0.3) is 5.56 Å². The number of carbonyl (C=O) groups excluding carboxylic acids is 1. The van der Waals surface area contributed by atoms with Crippen molar-refractivity contribution in [2.24, 2.45) is 0 Å². The minimum absolute atomic E-state index is 0.171. The molecule has 0 spiro atoms. The summed E-state index contributed by atoms with van der Waals surface area (Å²) in [7, 11) is 0. The zero-order chi connectivity index (χ0) is 18.3. The van der Waals surface area contributed by atoms with E-state index in [1.54, 1.807) is 13.8 Å². The summed E-state index contributed by atoms with van der Waals surface area (Å²) in [5.74, 6) is 0.315. The molecule has 0 aliphatic carbocycles. The highest BCUT2D eigenvalue weighted by molar-refractivity contribution is 7.18. The molecule has 3 aromatic rings. The van der Waals surface area contributed by atoms with E-state index >= 15 is 0 Å². The zero-order valence-electron chi connectivity index (χ0n) is 15.0. The molecule has 0 fully saturated rings. The number of hydrogen-bond donors (Lipinski definition) is 1. The van der Waals surface area contributed by atoms with Gasteiger partial charge in [0.1, 0.15) is 16.7 Å². The minimum atomic E-state index is -0.649. The summed E-state index contributed by atoms with van der Waals surface area (Å²) in [6.07, 6.45) is 0. The van der Waals surface area contributed by atoms with Crippen LogP contribution in [0.3, 0.4) is 0 Å². The lowest BCUT2D eigenvalue weighted by Gasteiger charge is -2.18. The predicted octanol–water partition coefficient (Wildman–Crippen LogP) is 3.89. The van der Waals surface area contributed by atoms with Gasteiger partial charge in [-0.25, -0.2) is 4.98 Å². The average Bonchev–Trinajstić information content (AvgIpc) is 2.91. The van der Waals surface area contributed by atoms with Crippen LogP contribution in [0.25, 0.3) is 10.2 Å². The highest BCUT2D eigenvalue weighted by atomic mass is 32.1. The standard InChI is InChI=1S/C19H21N3O2S/c1-10-6-7-11(2)16(8-10)21-17(23)13(4)22-14(5)20-18-15(19(22)24)9-12(3)25-18/h6-9,13H,1-5H3,(H,21,23). The summed E-state index contributed by atoms with van der Waals surface area (Å²) in [5, 5.41) is 3.50. The van der Waals surface area contributed by atoms with Crippen molar-refractivity contribution in [3.8, 4) is 0 Å². The first-order valence-electron chi connectivity index (χ1n) is 8.15. The van der Waals surface area contributed by atoms with E-state index in [2.05, 4.69) is 10.3 Å². The first-order chi connectivity index (χ1) is 11.8. The molecule has 2 heterocycles. The van der Waals surface area contributed by atoms with E-state index < -0.39 is 6.04 Å². The second kappa shape index (κ2) is 6.44.